The van der Waals surface area contributed by atoms with Gasteiger partial charge in [0.15, 0.2) is 0 Å². The van der Waals surface area contributed by atoms with Gasteiger partial charge in [0.25, 0.3) is 15.9 Å². The smallest absolute Gasteiger partial charge is 0.262 e. The largest absolute Gasteiger partial charge is 0.383 e. The number of hydrogen-bond acceptors (Lipinski definition) is 5. The van der Waals surface area contributed by atoms with Gasteiger partial charge in [0.05, 0.1) is 24.1 Å². The Labute approximate surface area is 134 Å². The Morgan fingerprint density at radius 1 is 1.22 bits per heavy atom. The molecular weight excluding hydrogens is 318 g/mol. The third-order valence-electron chi connectivity index (χ3n) is 2.93. The Hall–Kier alpha value is -2.45. The van der Waals surface area contributed by atoms with E-state index in [1.54, 1.807) is 24.3 Å². The van der Waals surface area contributed by atoms with Crippen LogP contribution in [-0.4, -0.2) is 39.6 Å². The minimum atomic E-state index is -3.90. The monoisotopic (exact) mass is 335 g/mol. The third-order valence-corrected chi connectivity index (χ3v) is 4.37. The number of benzene rings is 1. The summed E-state index contributed by atoms with van der Waals surface area (Å²) in [6.07, 6.45) is 2.92. The zero-order chi connectivity index (χ0) is 16.7. The molecule has 23 heavy (non-hydrogen) atoms. The Bertz CT molecular complexity index is 763. The molecule has 122 valence electrons. The Morgan fingerprint density at radius 3 is 2.70 bits per heavy atom. The molecule has 8 heteroatoms. The van der Waals surface area contributed by atoms with Crippen molar-refractivity contribution in [1.82, 2.24) is 10.3 Å². The molecule has 1 amide bonds. The summed E-state index contributed by atoms with van der Waals surface area (Å²) >= 11 is 0. The molecule has 0 saturated carbocycles. The van der Waals surface area contributed by atoms with Gasteiger partial charge in [-0.05, 0) is 24.3 Å². The fraction of sp³-hybridized carbons (Fsp3) is 0.200. The summed E-state index contributed by atoms with van der Waals surface area (Å²) in [6, 6.07) is 9.19. The molecule has 0 atom stereocenters. The average Bonchev–Trinajstić information content (AvgIpc) is 2.55. The highest BCUT2D eigenvalue weighted by atomic mass is 32.2. The Balaban J connectivity index is 2.26. The SMILES string of the molecule is COCCNC(=O)c1ccccc1S(=O)(=O)Nc1cccnc1. The first-order valence-corrected chi connectivity index (χ1v) is 8.32. The number of aromatic nitrogens is 1. The predicted molar refractivity (Wildman–Crippen MR) is 85.7 cm³/mol. The number of nitrogens with one attached hydrogen (secondary N) is 2. The maximum Gasteiger partial charge on any atom is 0.262 e. The van der Waals surface area contributed by atoms with E-state index in [0.29, 0.717) is 18.8 Å². The molecule has 0 aliphatic heterocycles. The van der Waals surface area contributed by atoms with Gasteiger partial charge >= 0.3 is 0 Å². The molecule has 0 radical (unpaired) electrons. The molecule has 1 aromatic carbocycles. The summed E-state index contributed by atoms with van der Waals surface area (Å²) < 4.78 is 32.3. The van der Waals surface area contributed by atoms with Gasteiger partial charge in [-0.2, -0.15) is 0 Å². The summed E-state index contributed by atoms with van der Waals surface area (Å²) in [5.74, 6) is -0.478. The molecule has 0 aliphatic carbocycles. The maximum absolute atomic E-state index is 12.5. The van der Waals surface area contributed by atoms with Crippen molar-refractivity contribution in [2.75, 3.05) is 25.0 Å². The second-order valence-corrected chi connectivity index (χ2v) is 6.24. The molecule has 0 aliphatic rings. The first-order valence-electron chi connectivity index (χ1n) is 6.83. The number of methoxy groups -OCH3 is 1. The van der Waals surface area contributed by atoms with Crippen LogP contribution in [0.5, 0.6) is 0 Å². The van der Waals surface area contributed by atoms with Crippen LogP contribution in [0.4, 0.5) is 5.69 Å². The maximum atomic E-state index is 12.5. The Morgan fingerprint density at radius 2 is 2.00 bits per heavy atom. The normalized spacial score (nSPS) is 11.0. The summed E-state index contributed by atoms with van der Waals surface area (Å²) in [7, 11) is -2.39. The molecule has 7 nitrogen and oxygen atoms in total. The fourth-order valence-electron chi connectivity index (χ4n) is 1.88. The van der Waals surface area contributed by atoms with Crippen molar-refractivity contribution in [1.29, 1.82) is 0 Å². The van der Waals surface area contributed by atoms with E-state index >= 15 is 0 Å². The van der Waals surface area contributed by atoms with Crippen molar-refractivity contribution in [2.24, 2.45) is 0 Å². The molecule has 2 N–H and O–H groups in total. The highest BCUT2D eigenvalue weighted by Crippen LogP contribution is 2.19. The molecule has 0 bridgehead atoms. The van der Waals surface area contributed by atoms with Gasteiger partial charge in [0.1, 0.15) is 4.90 Å². The van der Waals surface area contributed by atoms with Crippen molar-refractivity contribution in [3.8, 4) is 0 Å². The van der Waals surface area contributed by atoms with E-state index in [9.17, 15) is 13.2 Å². The third kappa shape index (κ3) is 4.51. The van der Waals surface area contributed by atoms with E-state index in [1.807, 2.05) is 0 Å². The van der Waals surface area contributed by atoms with E-state index in [2.05, 4.69) is 15.0 Å². The minimum Gasteiger partial charge on any atom is -0.383 e. The lowest BCUT2D eigenvalue weighted by Crippen LogP contribution is -2.29. The molecule has 0 saturated heterocycles. The van der Waals surface area contributed by atoms with E-state index in [-0.39, 0.29) is 10.5 Å². The second-order valence-electron chi connectivity index (χ2n) is 4.59. The average molecular weight is 335 g/mol. The van der Waals surface area contributed by atoms with Crippen LogP contribution >= 0.6 is 0 Å². The summed E-state index contributed by atoms with van der Waals surface area (Å²) in [6.45, 7) is 0.633. The van der Waals surface area contributed by atoms with Gasteiger partial charge in [-0.15, -0.1) is 0 Å². The van der Waals surface area contributed by atoms with Gasteiger partial charge in [0, 0.05) is 19.9 Å². The molecular formula is C15H17N3O4S. The van der Waals surface area contributed by atoms with Crippen LogP contribution in [0.2, 0.25) is 0 Å². The zero-order valence-corrected chi connectivity index (χ0v) is 13.3. The summed E-state index contributed by atoms with van der Waals surface area (Å²) in [4.78, 5) is 15.9. The van der Waals surface area contributed by atoms with E-state index in [1.165, 1.54) is 31.6 Å². The molecule has 2 aromatic rings. The molecule has 0 spiro atoms. The second kappa shape index (κ2) is 7.70. The highest BCUT2D eigenvalue weighted by Gasteiger charge is 2.22. The number of hydrogen-bond donors (Lipinski definition) is 2. The predicted octanol–water partition coefficient (Wildman–Crippen LogP) is 1.26. The molecule has 0 fully saturated rings. The van der Waals surface area contributed by atoms with Crippen molar-refractivity contribution in [2.45, 2.75) is 4.90 Å². The fourth-order valence-corrected chi connectivity index (χ4v) is 3.13. The van der Waals surface area contributed by atoms with Crippen LogP contribution in [0, 0.1) is 0 Å². The van der Waals surface area contributed by atoms with Gasteiger partial charge in [-0.1, -0.05) is 12.1 Å². The number of anilines is 1. The van der Waals surface area contributed by atoms with Crippen LogP contribution < -0.4 is 10.0 Å². The van der Waals surface area contributed by atoms with Gasteiger partial charge in [-0.3, -0.25) is 14.5 Å². The number of amides is 1. The first-order chi connectivity index (χ1) is 11.0. The quantitative estimate of drug-likeness (QED) is 0.743. The van der Waals surface area contributed by atoms with Crippen molar-refractivity contribution < 1.29 is 17.9 Å². The van der Waals surface area contributed by atoms with Gasteiger partial charge in [0.2, 0.25) is 0 Å². The zero-order valence-electron chi connectivity index (χ0n) is 12.5. The number of sulfonamides is 1. The number of pyridine rings is 1. The standard InChI is InChI=1S/C15H17N3O4S/c1-22-10-9-17-15(19)13-6-2-3-7-14(13)23(20,21)18-12-5-4-8-16-11-12/h2-8,11,18H,9-10H2,1H3,(H,17,19). The van der Waals surface area contributed by atoms with E-state index < -0.39 is 15.9 Å². The summed E-state index contributed by atoms with van der Waals surface area (Å²) in [5.41, 5.74) is 0.391. The number of nitrogens with zero attached hydrogens (tertiary/aromatic N) is 1. The van der Waals surface area contributed by atoms with Crippen LogP contribution in [0.3, 0.4) is 0 Å². The highest BCUT2D eigenvalue weighted by molar-refractivity contribution is 7.92. The number of carbonyl (C=O) groups is 1. The number of ether oxygens (including phenoxy) is 1. The van der Waals surface area contributed by atoms with Crippen LogP contribution in [0.25, 0.3) is 0 Å². The lowest BCUT2D eigenvalue weighted by molar-refractivity contribution is 0.0934. The van der Waals surface area contributed by atoms with Crippen molar-refractivity contribution in [3.63, 3.8) is 0 Å². The lowest BCUT2D eigenvalue weighted by atomic mass is 10.2. The number of carbonyl (C=O) groups excluding carboxylic acids is 1. The number of rotatable bonds is 7. The van der Waals surface area contributed by atoms with Crippen molar-refractivity contribution in [3.05, 3.63) is 54.4 Å². The molecule has 1 aromatic heterocycles. The first kappa shape index (κ1) is 16.9. The topological polar surface area (TPSA) is 97.4 Å². The minimum absolute atomic E-state index is 0.0694. The lowest BCUT2D eigenvalue weighted by Gasteiger charge is -2.12. The van der Waals surface area contributed by atoms with Gasteiger partial charge in [-0.25, -0.2) is 8.42 Å². The van der Waals surface area contributed by atoms with Crippen LogP contribution in [0.1, 0.15) is 10.4 Å². The van der Waals surface area contributed by atoms with Crippen molar-refractivity contribution >= 4 is 21.6 Å². The van der Waals surface area contributed by atoms with E-state index in [4.69, 9.17) is 4.74 Å². The Kier molecular flexibility index (Phi) is 5.67. The molecule has 0 unspecified atom stereocenters. The van der Waals surface area contributed by atoms with Crippen LogP contribution in [0.15, 0.2) is 53.7 Å². The summed E-state index contributed by atoms with van der Waals surface area (Å²) in [5, 5.41) is 2.61. The molecule has 2 rings (SSSR count). The van der Waals surface area contributed by atoms with Crippen LogP contribution in [-0.2, 0) is 14.8 Å². The van der Waals surface area contributed by atoms with Gasteiger partial charge < -0.3 is 10.1 Å². The molecule has 1 heterocycles. The van der Waals surface area contributed by atoms with E-state index in [0.717, 1.165) is 0 Å².